The summed E-state index contributed by atoms with van der Waals surface area (Å²) >= 11 is 0. The van der Waals surface area contributed by atoms with Crippen LogP contribution in [0.15, 0.2) is 12.1 Å². The summed E-state index contributed by atoms with van der Waals surface area (Å²) in [6.45, 7) is 5.04. The monoisotopic (exact) mass is 292 g/mol. The van der Waals surface area contributed by atoms with Crippen molar-refractivity contribution in [2.45, 2.75) is 25.8 Å². The van der Waals surface area contributed by atoms with Gasteiger partial charge in [0, 0.05) is 5.56 Å². The van der Waals surface area contributed by atoms with E-state index in [2.05, 4.69) is 12.1 Å². The molecule has 2 bridgehead atoms. The van der Waals surface area contributed by atoms with Gasteiger partial charge < -0.3 is 18.7 Å². The summed E-state index contributed by atoms with van der Waals surface area (Å²) < 4.78 is 17.6. The highest BCUT2D eigenvalue weighted by Gasteiger charge is 2.39. The van der Waals surface area contributed by atoms with Crippen molar-refractivity contribution in [1.29, 1.82) is 0 Å². The summed E-state index contributed by atoms with van der Waals surface area (Å²) in [5.74, 6) is 3.19. The van der Waals surface area contributed by atoms with Crippen molar-refractivity contribution in [3.05, 3.63) is 17.7 Å². The van der Waals surface area contributed by atoms with E-state index in [1.54, 1.807) is 21.3 Å². The number of ether oxygens (including phenoxy) is 3. The van der Waals surface area contributed by atoms with E-state index in [9.17, 15) is 0 Å². The fourth-order valence-corrected chi connectivity index (χ4v) is 3.99. The van der Waals surface area contributed by atoms with E-state index in [-0.39, 0.29) is 0 Å². The molecule has 3 heterocycles. The van der Waals surface area contributed by atoms with Gasteiger partial charge in [-0.1, -0.05) is 0 Å². The summed E-state index contributed by atoms with van der Waals surface area (Å²) in [5, 5.41) is 0. The highest BCUT2D eigenvalue weighted by molar-refractivity contribution is 5.53. The van der Waals surface area contributed by atoms with Gasteiger partial charge in [-0.3, -0.25) is 0 Å². The van der Waals surface area contributed by atoms with E-state index in [1.807, 2.05) is 0 Å². The Balaban J connectivity index is 1.88. The van der Waals surface area contributed by atoms with Gasteiger partial charge in [0.2, 0.25) is 5.75 Å². The molecule has 116 valence electrons. The zero-order valence-corrected chi connectivity index (χ0v) is 13.4. The van der Waals surface area contributed by atoms with Crippen molar-refractivity contribution in [2.75, 3.05) is 41.0 Å². The molecule has 4 heteroatoms. The van der Waals surface area contributed by atoms with Crippen LogP contribution in [0.5, 0.6) is 17.2 Å². The molecular formula is C17H26NO3+. The zero-order valence-electron chi connectivity index (χ0n) is 13.4. The van der Waals surface area contributed by atoms with Gasteiger partial charge in [0.15, 0.2) is 11.5 Å². The molecule has 0 radical (unpaired) electrons. The van der Waals surface area contributed by atoms with E-state index >= 15 is 0 Å². The molecule has 4 rings (SSSR count). The Morgan fingerprint density at radius 3 is 1.86 bits per heavy atom. The second kappa shape index (κ2) is 5.76. The molecule has 0 saturated carbocycles. The molecule has 1 aromatic rings. The van der Waals surface area contributed by atoms with Gasteiger partial charge >= 0.3 is 0 Å². The molecule has 0 N–H and O–H groups in total. The molecule has 0 aliphatic carbocycles. The lowest BCUT2D eigenvalue weighted by atomic mass is 9.85. The van der Waals surface area contributed by atoms with Crippen molar-refractivity contribution in [1.82, 2.24) is 0 Å². The summed E-state index contributed by atoms with van der Waals surface area (Å²) in [7, 11) is 5.01. The first-order valence-electron chi connectivity index (χ1n) is 7.84. The summed E-state index contributed by atoms with van der Waals surface area (Å²) in [6.07, 6.45) is 4.18. The number of nitrogens with zero attached hydrogens (tertiary/aromatic N) is 1. The third kappa shape index (κ3) is 2.69. The van der Waals surface area contributed by atoms with Gasteiger partial charge in [-0.2, -0.15) is 0 Å². The molecule has 0 spiro atoms. The predicted molar refractivity (Wildman–Crippen MR) is 82.0 cm³/mol. The van der Waals surface area contributed by atoms with Gasteiger partial charge in [-0.25, -0.2) is 0 Å². The van der Waals surface area contributed by atoms with Crippen LogP contribution in [0.25, 0.3) is 0 Å². The van der Waals surface area contributed by atoms with E-state index in [0.29, 0.717) is 5.75 Å². The van der Waals surface area contributed by atoms with Crippen LogP contribution in [0.1, 0.15) is 24.8 Å². The van der Waals surface area contributed by atoms with Gasteiger partial charge in [0.25, 0.3) is 0 Å². The van der Waals surface area contributed by atoms with E-state index in [0.717, 1.165) is 24.0 Å². The van der Waals surface area contributed by atoms with Crippen molar-refractivity contribution >= 4 is 0 Å². The largest absolute Gasteiger partial charge is 0.493 e. The number of hydrogen-bond donors (Lipinski definition) is 0. The van der Waals surface area contributed by atoms with E-state index < -0.39 is 0 Å². The third-order valence-corrected chi connectivity index (χ3v) is 5.28. The van der Waals surface area contributed by atoms with Crippen molar-refractivity contribution in [2.24, 2.45) is 5.92 Å². The number of hydrogen-bond acceptors (Lipinski definition) is 3. The Bertz CT molecular complexity index is 468. The fraction of sp³-hybridized carbons (Fsp3) is 0.647. The van der Waals surface area contributed by atoms with Gasteiger partial charge in [-0.15, -0.1) is 0 Å². The van der Waals surface area contributed by atoms with E-state index in [4.69, 9.17) is 14.2 Å². The lowest BCUT2D eigenvalue weighted by molar-refractivity contribution is -0.955. The molecule has 3 saturated heterocycles. The Labute approximate surface area is 127 Å². The molecule has 3 fully saturated rings. The Kier molecular flexibility index (Phi) is 3.98. The minimum absolute atomic E-state index is 0.682. The quantitative estimate of drug-likeness (QED) is 0.781. The van der Waals surface area contributed by atoms with Gasteiger partial charge in [0.05, 0.1) is 41.0 Å². The SMILES string of the molecule is COc1cc(C[N+]23CCC(CC2)CC3)cc(OC)c1OC. The molecule has 21 heavy (non-hydrogen) atoms. The minimum atomic E-state index is 0.682. The van der Waals surface area contributed by atoms with Gasteiger partial charge in [0.1, 0.15) is 6.54 Å². The van der Waals surface area contributed by atoms with Gasteiger partial charge in [-0.05, 0) is 37.3 Å². The average molecular weight is 292 g/mol. The molecule has 0 aromatic heterocycles. The molecule has 0 unspecified atom stereocenters. The Morgan fingerprint density at radius 2 is 1.43 bits per heavy atom. The number of fused-ring (bicyclic) bond motifs is 3. The van der Waals surface area contributed by atoms with Crippen molar-refractivity contribution in [3.8, 4) is 17.2 Å². The number of quaternary nitrogens is 1. The van der Waals surface area contributed by atoms with Crippen LogP contribution in [-0.4, -0.2) is 45.4 Å². The summed E-state index contributed by atoms with van der Waals surface area (Å²) in [6, 6.07) is 4.21. The zero-order chi connectivity index (χ0) is 14.9. The minimum Gasteiger partial charge on any atom is -0.493 e. The van der Waals surface area contributed by atoms with Crippen molar-refractivity contribution < 1.29 is 18.7 Å². The van der Waals surface area contributed by atoms with Crippen molar-refractivity contribution in [3.63, 3.8) is 0 Å². The maximum atomic E-state index is 5.47. The second-order valence-electron chi connectivity index (χ2n) is 6.44. The number of methoxy groups -OCH3 is 3. The normalized spacial score (nSPS) is 27.5. The standard InChI is InChI=1S/C17H26NO3/c1-19-15-10-14(11-16(20-2)17(15)21-3)12-18-7-4-13(5-8-18)6-9-18/h10-11,13H,4-9,12H2,1-3H3/q+1. The molecule has 0 atom stereocenters. The predicted octanol–water partition coefficient (Wildman–Crippen LogP) is 2.84. The average Bonchev–Trinajstić information content (AvgIpc) is 2.55. The molecule has 3 aliphatic rings. The molecule has 4 nitrogen and oxygen atoms in total. The highest BCUT2D eigenvalue weighted by atomic mass is 16.5. The van der Waals surface area contributed by atoms with Crippen LogP contribution in [0.2, 0.25) is 0 Å². The molecule has 1 aromatic carbocycles. The topological polar surface area (TPSA) is 27.7 Å². The summed E-state index contributed by atoms with van der Waals surface area (Å²) in [5.41, 5.74) is 1.28. The Morgan fingerprint density at radius 1 is 0.905 bits per heavy atom. The second-order valence-corrected chi connectivity index (χ2v) is 6.44. The first kappa shape index (κ1) is 14.5. The van der Waals surface area contributed by atoms with Crippen LogP contribution in [-0.2, 0) is 6.54 Å². The number of rotatable bonds is 5. The highest BCUT2D eigenvalue weighted by Crippen LogP contribution is 2.40. The maximum absolute atomic E-state index is 5.47. The van der Waals surface area contributed by atoms with E-state index in [1.165, 1.54) is 48.9 Å². The fourth-order valence-electron chi connectivity index (χ4n) is 3.99. The van der Waals surface area contributed by atoms with Crippen LogP contribution < -0.4 is 14.2 Å². The number of piperidine rings is 3. The summed E-state index contributed by atoms with van der Waals surface area (Å²) in [4.78, 5) is 0. The van der Waals surface area contributed by atoms with Crippen LogP contribution in [0.4, 0.5) is 0 Å². The smallest absolute Gasteiger partial charge is 0.203 e. The van der Waals surface area contributed by atoms with Crippen LogP contribution in [0, 0.1) is 5.92 Å². The third-order valence-electron chi connectivity index (χ3n) is 5.28. The van der Waals surface area contributed by atoms with Crippen LogP contribution >= 0.6 is 0 Å². The lowest BCUT2D eigenvalue weighted by Gasteiger charge is -2.49. The maximum Gasteiger partial charge on any atom is 0.203 e. The first-order chi connectivity index (χ1) is 10.2. The lowest BCUT2D eigenvalue weighted by Crippen LogP contribution is -2.57. The number of benzene rings is 1. The Hall–Kier alpha value is -1.42. The molecule has 0 amide bonds. The molecular weight excluding hydrogens is 266 g/mol. The van der Waals surface area contributed by atoms with Crippen LogP contribution in [0.3, 0.4) is 0 Å². The first-order valence-corrected chi connectivity index (χ1v) is 7.84. The molecule has 3 aliphatic heterocycles.